The Labute approximate surface area is 173 Å². The Bertz CT molecular complexity index is 778. The van der Waals surface area contributed by atoms with Crippen molar-refractivity contribution in [2.45, 2.75) is 42.5 Å². The number of anilines is 1. The minimum Gasteiger partial charge on any atom is -0.493 e. The van der Waals surface area contributed by atoms with E-state index in [2.05, 4.69) is 20.8 Å². The molecule has 0 saturated heterocycles. The monoisotopic (exact) mass is 422 g/mol. The van der Waals surface area contributed by atoms with E-state index in [-0.39, 0.29) is 5.91 Å². The first-order valence-electron chi connectivity index (χ1n) is 9.38. The van der Waals surface area contributed by atoms with E-state index in [0.717, 1.165) is 52.3 Å². The Kier molecular flexibility index (Phi) is 7.79. The van der Waals surface area contributed by atoms with E-state index in [1.165, 1.54) is 35.9 Å². The molecule has 9 heteroatoms. The number of methoxy groups -OCH3 is 2. The molecule has 0 radical (unpaired) electrons. The maximum absolute atomic E-state index is 12.0. The van der Waals surface area contributed by atoms with Crippen LogP contribution in [0.1, 0.15) is 31.2 Å². The molecule has 1 saturated carbocycles. The summed E-state index contributed by atoms with van der Waals surface area (Å²) in [6.07, 6.45) is 5.46. The van der Waals surface area contributed by atoms with Crippen molar-refractivity contribution in [2.75, 3.05) is 31.8 Å². The van der Waals surface area contributed by atoms with Crippen LogP contribution in [0.25, 0.3) is 0 Å². The van der Waals surface area contributed by atoms with Crippen LogP contribution in [0.4, 0.5) is 5.13 Å². The molecule has 1 heterocycles. The lowest BCUT2D eigenvalue weighted by atomic mass is 10.1. The first-order chi connectivity index (χ1) is 13.7. The van der Waals surface area contributed by atoms with Gasteiger partial charge in [-0.1, -0.05) is 42.0 Å². The van der Waals surface area contributed by atoms with E-state index in [0.29, 0.717) is 11.8 Å². The molecule has 2 aromatic rings. The first kappa shape index (κ1) is 20.7. The molecule has 2 N–H and O–H groups in total. The van der Waals surface area contributed by atoms with Crippen molar-refractivity contribution >= 4 is 34.1 Å². The second-order valence-electron chi connectivity index (χ2n) is 6.58. The zero-order valence-corrected chi connectivity index (χ0v) is 17.8. The quantitative estimate of drug-likeness (QED) is 0.568. The van der Waals surface area contributed by atoms with Crippen LogP contribution < -0.4 is 20.1 Å². The number of hydrogen-bond acceptors (Lipinski definition) is 8. The molecule has 1 aromatic heterocycles. The lowest BCUT2D eigenvalue weighted by Crippen LogP contribution is -2.33. The van der Waals surface area contributed by atoms with Crippen LogP contribution in [-0.2, 0) is 11.2 Å². The van der Waals surface area contributed by atoms with Crippen LogP contribution in [0.15, 0.2) is 22.5 Å². The fraction of sp³-hybridized carbons (Fsp3) is 0.526. The molecule has 0 atom stereocenters. The first-order valence-corrected chi connectivity index (χ1v) is 11.2. The lowest BCUT2D eigenvalue weighted by molar-refractivity contribution is -0.119. The molecule has 7 nitrogen and oxygen atoms in total. The van der Waals surface area contributed by atoms with Crippen molar-refractivity contribution in [1.82, 2.24) is 15.5 Å². The number of benzene rings is 1. The third-order valence-corrected chi connectivity index (χ3v) is 6.61. The SMILES string of the molecule is COc1ccc(CCNc2nnc(SCC(=O)NC3CCCC3)s2)cc1OC. The summed E-state index contributed by atoms with van der Waals surface area (Å²) in [7, 11) is 3.26. The minimum absolute atomic E-state index is 0.0788. The summed E-state index contributed by atoms with van der Waals surface area (Å²) in [6.45, 7) is 0.733. The minimum atomic E-state index is 0.0788. The van der Waals surface area contributed by atoms with Gasteiger partial charge in [0.15, 0.2) is 15.8 Å². The van der Waals surface area contributed by atoms with Crippen LogP contribution in [0.2, 0.25) is 0 Å². The number of thioether (sulfide) groups is 1. The average molecular weight is 423 g/mol. The van der Waals surface area contributed by atoms with Crippen molar-refractivity contribution in [3.63, 3.8) is 0 Å². The number of nitrogens with one attached hydrogen (secondary N) is 2. The van der Waals surface area contributed by atoms with Gasteiger partial charge in [-0.3, -0.25) is 4.79 Å². The van der Waals surface area contributed by atoms with Crippen LogP contribution in [0.3, 0.4) is 0 Å². The van der Waals surface area contributed by atoms with Crippen molar-refractivity contribution in [3.05, 3.63) is 23.8 Å². The van der Waals surface area contributed by atoms with Crippen LogP contribution in [0.5, 0.6) is 11.5 Å². The maximum atomic E-state index is 12.0. The van der Waals surface area contributed by atoms with Crippen LogP contribution in [0, 0.1) is 0 Å². The van der Waals surface area contributed by atoms with Crippen molar-refractivity contribution in [2.24, 2.45) is 0 Å². The summed E-state index contributed by atoms with van der Waals surface area (Å²) < 4.78 is 11.4. The Balaban J connectivity index is 1.40. The molecule has 1 amide bonds. The van der Waals surface area contributed by atoms with E-state index in [1.54, 1.807) is 14.2 Å². The predicted molar refractivity (Wildman–Crippen MR) is 113 cm³/mol. The number of aromatic nitrogens is 2. The van der Waals surface area contributed by atoms with E-state index in [9.17, 15) is 4.79 Å². The highest BCUT2D eigenvalue weighted by molar-refractivity contribution is 8.01. The van der Waals surface area contributed by atoms with Gasteiger partial charge in [-0.05, 0) is 37.0 Å². The molecule has 1 aromatic carbocycles. The van der Waals surface area contributed by atoms with Crippen molar-refractivity contribution in [3.8, 4) is 11.5 Å². The molecule has 0 spiro atoms. The maximum Gasteiger partial charge on any atom is 0.230 e. The van der Waals surface area contributed by atoms with Gasteiger partial charge in [-0.25, -0.2) is 0 Å². The number of ether oxygens (including phenoxy) is 2. The third kappa shape index (κ3) is 6.00. The van der Waals surface area contributed by atoms with Crippen molar-refractivity contribution < 1.29 is 14.3 Å². The highest BCUT2D eigenvalue weighted by atomic mass is 32.2. The Morgan fingerprint density at radius 2 is 2.00 bits per heavy atom. The highest BCUT2D eigenvalue weighted by Crippen LogP contribution is 2.28. The summed E-state index contributed by atoms with van der Waals surface area (Å²) in [5, 5.41) is 15.4. The number of carbonyl (C=O) groups excluding carboxylic acids is 1. The lowest BCUT2D eigenvalue weighted by Gasteiger charge is -2.10. The van der Waals surface area contributed by atoms with Crippen LogP contribution in [-0.4, -0.2) is 48.7 Å². The molecular formula is C19H26N4O3S2. The largest absolute Gasteiger partial charge is 0.493 e. The van der Waals surface area contributed by atoms with E-state index < -0.39 is 0 Å². The van der Waals surface area contributed by atoms with Gasteiger partial charge >= 0.3 is 0 Å². The van der Waals surface area contributed by atoms with E-state index >= 15 is 0 Å². The van der Waals surface area contributed by atoms with Gasteiger partial charge in [0.1, 0.15) is 0 Å². The third-order valence-electron chi connectivity index (χ3n) is 4.59. The molecule has 1 fully saturated rings. The summed E-state index contributed by atoms with van der Waals surface area (Å²) >= 11 is 2.91. The molecule has 1 aliphatic carbocycles. The zero-order valence-electron chi connectivity index (χ0n) is 16.2. The van der Waals surface area contributed by atoms with E-state index in [1.807, 2.05) is 18.2 Å². The predicted octanol–water partition coefficient (Wildman–Crippen LogP) is 3.36. The molecule has 0 aliphatic heterocycles. The van der Waals surface area contributed by atoms with Crippen molar-refractivity contribution in [1.29, 1.82) is 0 Å². The number of rotatable bonds is 10. The number of hydrogen-bond donors (Lipinski definition) is 2. The molecule has 1 aliphatic rings. The number of nitrogens with zero attached hydrogens (tertiary/aromatic N) is 2. The van der Waals surface area contributed by atoms with Gasteiger partial charge < -0.3 is 20.1 Å². The van der Waals surface area contributed by atoms with Gasteiger partial charge in [0, 0.05) is 12.6 Å². The van der Waals surface area contributed by atoms with Gasteiger partial charge in [-0.15, -0.1) is 10.2 Å². The standard InChI is InChI=1S/C19H26N4O3S2/c1-25-15-8-7-13(11-16(15)26-2)9-10-20-18-22-23-19(28-18)27-12-17(24)21-14-5-3-4-6-14/h7-8,11,14H,3-6,9-10,12H2,1-2H3,(H,20,22)(H,21,24). The van der Waals surface area contributed by atoms with Gasteiger partial charge in [-0.2, -0.15) is 0 Å². The van der Waals surface area contributed by atoms with E-state index in [4.69, 9.17) is 9.47 Å². The Morgan fingerprint density at radius 3 is 2.75 bits per heavy atom. The number of carbonyl (C=O) groups is 1. The topological polar surface area (TPSA) is 85.4 Å². The van der Waals surface area contributed by atoms with Crippen LogP contribution >= 0.6 is 23.1 Å². The molecule has 0 unspecified atom stereocenters. The summed E-state index contributed by atoms with van der Waals surface area (Å²) in [5.74, 6) is 1.92. The summed E-state index contributed by atoms with van der Waals surface area (Å²) in [4.78, 5) is 12.0. The van der Waals surface area contributed by atoms with Gasteiger partial charge in [0.2, 0.25) is 11.0 Å². The summed E-state index contributed by atoms with van der Waals surface area (Å²) in [6, 6.07) is 6.26. The molecule has 152 valence electrons. The summed E-state index contributed by atoms with van der Waals surface area (Å²) in [5.41, 5.74) is 1.15. The second kappa shape index (κ2) is 10.5. The fourth-order valence-electron chi connectivity index (χ4n) is 3.16. The smallest absolute Gasteiger partial charge is 0.230 e. The normalized spacial score (nSPS) is 14.1. The second-order valence-corrected chi connectivity index (χ2v) is 8.78. The average Bonchev–Trinajstić information content (AvgIpc) is 3.38. The molecule has 0 bridgehead atoms. The highest BCUT2D eigenvalue weighted by Gasteiger charge is 2.17. The van der Waals surface area contributed by atoms with Gasteiger partial charge in [0.25, 0.3) is 0 Å². The zero-order chi connectivity index (χ0) is 19.8. The van der Waals surface area contributed by atoms with Gasteiger partial charge in [0.05, 0.1) is 20.0 Å². The molecular weight excluding hydrogens is 396 g/mol. The Hall–Kier alpha value is -2.00. The fourth-order valence-corrected chi connectivity index (χ4v) is 4.74. The number of amides is 1. The molecule has 28 heavy (non-hydrogen) atoms. The Morgan fingerprint density at radius 1 is 1.21 bits per heavy atom. The molecule has 3 rings (SSSR count).